The molecule has 0 heterocycles. The van der Waals surface area contributed by atoms with Gasteiger partial charge in [0.2, 0.25) is 0 Å². The van der Waals surface area contributed by atoms with Crippen LogP contribution in [-0.2, 0) is 0 Å². The predicted molar refractivity (Wildman–Crippen MR) is 43.2 cm³/mol. The van der Waals surface area contributed by atoms with Crippen molar-refractivity contribution in [1.29, 1.82) is 5.00 Å². The average molecular weight is 172 g/mol. The predicted octanol–water partition coefficient (Wildman–Crippen LogP) is 1.55. The molecule has 0 amide bonds. The third-order valence-electron chi connectivity index (χ3n) is 3.02. The van der Waals surface area contributed by atoms with Crippen LogP contribution in [0, 0.1) is 16.8 Å². The van der Waals surface area contributed by atoms with Gasteiger partial charge in [0.15, 0.2) is 0 Å². The maximum atomic E-state index is 8.75. The molecule has 2 aliphatic rings. The second-order valence-electron chi connectivity index (χ2n) is 3.70. The third-order valence-corrected chi connectivity index (χ3v) is 3.58. The zero-order valence-corrected chi connectivity index (χ0v) is 7.30. The van der Waals surface area contributed by atoms with E-state index in [0.717, 1.165) is 18.3 Å². The van der Waals surface area contributed by atoms with Crippen LogP contribution in [0.1, 0.15) is 25.7 Å². The topological polar surface area (TPSA) is 56.0 Å². The minimum absolute atomic E-state index is 0.398. The molecule has 2 N–H and O–H groups in total. The molecule has 0 radical (unpaired) electrons. The van der Waals surface area contributed by atoms with Gasteiger partial charge in [-0.15, -0.1) is 0 Å². The summed E-state index contributed by atoms with van der Waals surface area (Å²) in [6.07, 6.45) is 5.11. The highest BCUT2D eigenvalue weighted by Gasteiger charge is 2.39. The van der Waals surface area contributed by atoms with E-state index < -0.39 is 7.94 Å². The summed E-state index contributed by atoms with van der Waals surface area (Å²) < 4.78 is 0. The lowest BCUT2D eigenvalue weighted by Gasteiger charge is -2.19. The Bertz CT molecular complexity index is 222. The maximum absolute atomic E-state index is 8.75. The first kappa shape index (κ1) is 7.57. The summed E-state index contributed by atoms with van der Waals surface area (Å²) in [7, 11) is -1.87. The van der Waals surface area contributed by atoms with Crippen molar-refractivity contribution < 1.29 is 4.89 Å². The summed E-state index contributed by atoms with van der Waals surface area (Å²) in [4.78, 5) is 8.75. The van der Waals surface area contributed by atoms with E-state index in [1.54, 1.807) is 0 Å². The Morgan fingerprint density at radius 1 is 1.36 bits per heavy atom. The van der Waals surface area contributed by atoms with E-state index in [-0.39, 0.29) is 0 Å². The van der Waals surface area contributed by atoms with Crippen LogP contribution in [0.4, 0.5) is 0 Å². The molecule has 0 aromatic carbocycles. The summed E-state index contributed by atoms with van der Waals surface area (Å²) in [6, 6.07) is 0.398. The van der Waals surface area contributed by atoms with Gasteiger partial charge >= 0.3 is 0 Å². The first-order valence-corrected chi connectivity index (χ1v) is 5.44. The molecular formula is C7H13N2OP. The summed E-state index contributed by atoms with van der Waals surface area (Å²) >= 11 is 0. The van der Waals surface area contributed by atoms with Gasteiger partial charge in [-0.2, -0.15) is 5.00 Å². The fourth-order valence-electron chi connectivity index (χ4n) is 2.55. The zero-order chi connectivity index (χ0) is 7.84. The van der Waals surface area contributed by atoms with Gasteiger partial charge in [0.05, 0.1) is 0 Å². The van der Waals surface area contributed by atoms with Crippen LogP contribution in [-0.4, -0.2) is 10.9 Å². The van der Waals surface area contributed by atoms with Crippen LogP contribution in [0.2, 0.25) is 0 Å². The lowest BCUT2D eigenvalue weighted by molar-refractivity contribution is 0.391. The van der Waals surface area contributed by atoms with Crippen molar-refractivity contribution in [1.82, 2.24) is 5.09 Å². The minimum Gasteiger partial charge on any atom is -0.313 e. The molecule has 11 heavy (non-hydrogen) atoms. The van der Waals surface area contributed by atoms with Crippen LogP contribution in [0.5, 0.6) is 0 Å². The summed E-state index contributed by atoms with van der Waals surface area (Å²) in [5.41, 5.74) is 0. The van der Waals surface area contributed by atoms with Gasteiger partial charge in [0.25, 0.3) is 7.94 Å². The second kappa shape index (κ2) is 2.76. The highest BCUT2D eigenvalue weighted by atomic mass is 31.1. The molecule has 0 saturated heterocycles. The van der Waals surface area contributed by atoms with Gasteiger partial charge in [-0.25, -0.2) is 5.09 Å². The van der Waals surface area contributed by atoms with Gasteiger partial charge in [0.1, 0.15) is 0 Å². The highest BCUT2D eigenvalue weighted by molar-refractivity contribution is 7.34. The Hall–Kier alpha value is -0.0700. The van der Waals surface area contributed by atoms with Crippen molar-refractivity contribution in [2.24, 2.45) is 11.8 Å². The number of fused-ring (bicyclic) bond motifs is 2. The Balaban J connectivity index is 1.94. The first-order chi connectivity index (χ1) is 5.25. The van der Waals surface area contributed by atoms with Gasteiger partial charge in [-0.1, -0.05) is 6.42 Å². The molecule has 2 rings (SSSR count). The van der Waals surface area contributed by atoms with Gasteiger partial charge in [0, 0.05) is 6.04 Å². The smallest absolute Gasteiger partial charge is 0.261 e. The van der Waals surface area contributed by atoms with Crippen molar-refractivity contribution >= 4 is 7.94 Å². The molecule has 4 atom stereocenters. The zero-order valence-electron chi connectivity index (χ0n) is 6.40. The van der Waals surface area contributed by atoms with E-state index in [0.29, 0.717) is 6.04 Å². The maximum Gasteiger partial charge on any atom is 0.261 e. The van der Waals surface area contributed by atoms with E-state index in [1.807, 2.05) is 0 Å². The standard InChI is InChI=1S/C7H13N2OP/c8-11(10)9-7-4-5-1-2-6(7)3-5/h5-7,9-10H,1-4H2. The van der Waals surface area contributed by atoms with Crippen LogP contribution in [0.25, 0.3) is 0 Å². The van der Waals surface area contributed by atoms with Crippen LogP contribution < -0.4 is 5.09 Å². The van der Waals surface area contributed by atoms with E-state index >= 15 is 0 Å². The molecule has 2 bridgehead atoms. The molecule has 0 aromatic heterocycles. The van der Waals surface area contributed by atoms with Crippen LogP contribution >= 0.6 is 7.94 Å². The van der Waals surface area contributed by atoms with Crippen molar-refractivity contribution in [2.75, 3.05) is 0 Å². The number of hydrogen-bond acceptors (Lipinski definition) is 3. The van der Waals surface area contributed by atoms with E-state index in [2.05, 4.69) is 5.09 Å². The summed E-state index contributed by atoms with van der Waals surface area (Å²) in [5.74, 6) is 1.59. The molecule has 2 aliphatic carbocycles. The Morgan fingerprint density at radius 2 is 2.18 bits per heavy atom. The molecule has 62 valence electrons. The Morgan fingerprint density at radius 3 is 2.64 bits per heavy atom. The van der Waals surface area contributed by atoms with Gasteiger partial charge < -0.3 is 4.89 Å². The van der Waals surface area contributed by atoms with Gasteiger partial charge in [-0.3, -0.25) is 0 Å². The van der Waals surface area contributed by atoms with Crippen LogP contribution in [0.3, 0.4) is 0 Å². The Kier molecular flexibility index (Phi) is 1.90. The molecule has 2 saturated carbocycles. The second-order valence-corrected chi connectivity index (χ2v) is 4.54. The molecule has 0 aliphatic heterocycles. The van der Waals surface area contributed by atoms with Crippen molar-refractivity contribution in [3.63, 3.8) is 0 Å². The van der Waals surface area contributed by atoms with Crippen molar-refractivity contribution in [2.45, 2.75) is 31.7 Å². The first-order valence-electron chi connectivity index (χ1n) is 4.20. The van der Waals surface area contributed by atoms with E-state index in [4.69, 9.17) is 9.90 Å². The SMILES string of the molecule is N#P(O)NC1CC2CCC1C2. The Labute approximate surface area is 67.3 Å². The number of nitrogens with zero attached hydrogens (tertiary/aromatic N) is 1. The van der Waals surface area contributed by atoms with Crippen molar-refractivity contribution in [3.8, 4) is 0 Å². The molecule has 0 aromatic rings. The molecular weight excluding hydrogens is 159 g/mol. The fourth-order valence-corrected chi connectivity index (χ4v) is 3.16. The third kappa shape index (κ3) is 1.43. The van der Waals surface area contributed by atoms with E-state index in [9.17, 15) is 0 Å². The molecule has 4 unspecified atom stereocenters. The summed E-state index contributed by atoms with van der Waals surface area (Å²) in [5, 5.41) is 11.6. The van der Waals surface area contributed by atoms with Crippen LogP contribution in [0.15, 0.2) is 0 Å². The lowest BCUT2D eigenvalue weighted by Crippen LogP contribution is -2.28. The number of nitrogens with one attached hydrogen (secondary N) is 1. The number of rotatable bonds is 1. The average Bonchev–Trinajstić information content (AvgIpc) is 2.45. The molecule has 4 heteroatoms. The molecule has 0 spiro atoms. The lowest BCUT2D eigenvalue weighted by atomic mass is 9.96. The monoisotopic (exact) mass is 172 g/mol. The fraction of sp³-hybridized carbons (Fsp3) is 1.00. The molecule has 3 nitrogen and oxygen atoms in total. The van der Waals surface area contributed by atoms with Crippen molar-refractivity contribution in [3.05, 3.63) is 0 Å². The van der Waals surface area contributed by atoms with E-state index in [1.165, 1.54) is 19.3 Å². The minimum atomic E-state index is -1.87. The summed E-state index contributed by atoms with van der Waals surface area (Å²) in [6.45, 7) is 0. The highest BCUT2D eigenvalue weighted by Crippen LogP contribution is 2.45. The number of hydrogen-bond donors (Lipinski definition) is 2. The molecule has 2 fully saturated rings. The van der Waals surface area contributed by atoms with Gasteiger partial charge in [-0.05, 0) is 31.1 Å². The normalized spacial score (nSPS) is 42.9. The quantitative estimate of drug-likeness (QED) is 0.590. The largest absolute Gasteiger partial charge is 0.313 e.